The fourth-order valence-corrected chi connectivity index (χ4v) is 4.86. The Morgan fingerprint density at radius 1 is 1.00 bits per heavy atom. The van der Waals surface area contributed by atoms with E-state index in [1.807, 2.05) is 79.8 Å². The molecule has 2 atom stereocenters. The van der Waals surface area contributed by atoms with Crippen molar-refractivity contribution in [2.24, 2.45) is 0 Å². The average Bonchev–Trinajstić information content (AvgIpc) is 3.50. The Morgan fingerprint density at radius 3 is 2.44 bits per heavy atom. The number of para-hydroxylation sites is 1. The summed E-state index contributed by atoms with van der Waals surface area (Å²) >= 11 is 5.75. The molecule has 1 aliphatic rings. The van der Waals surface area contributed by atoms with Crippen LogP contribution in [-0.2, 0) is 4.79 Å². The highest BCUT2D eigenvalue weighted by molar-refractivity contribution is 7.80. The molecule has 1 saturated heterocycles. The summed E-state index contributed by atoms with van der Waals surface area (Å²) in [5, 5.41) is 6.93. The minimum absolute atomic E-state index is 0.111. The number of nitrogens with one attached hydrogen (secondary N) is 2. The standard InChI is InChI=1S/C28H28N6OS/c1-32(2)21-13-15-22(16-14-21)33-18-8-12-24(33)27-26(23-11-6-7-17-29-23)31-28(36)34(27)19-25(35)30-20-9-4-3-5-10-20/h3-18,26-27H,19H2,1-2H3,(H,30,35)(H,31,36)/t26-,27-/m0/s1. The Labute approximate surface area is 216 Å². The number of hydrogen-bond acceptors (Lipinski definition) is 4. The second-order valence-electron chi connectivity index (χ2n) is 8.88. The second kappa shape index (κ2) is 10.2. The molecule has 0 aliphatic carbocycles. The van der Waals surface area contributed by atoms with Crippen molar-refractivity contribution in [1.82, 2.24) is 19.8 Å². The minimum atomic E-state index is -0.238. The number of benzene rings is 2. The molecule has 2 N–H and O–H groups in total. The van der Waals surface area contributed by atoms with Crippen LogP contribution in [0.5, 0.6) is 0 Å². The third-order valence-corrected chi connectivity index (χ3v) is 6.65. The van der Waals surface area contributed by atoms with Gasteiger partial charge in [-0.1, -0.05) is 24.3 Å². The van der Waals surface area contributed by atoms with Gasteiger partial charge in [-0.15, -0.1) is 0 Å². The molecule has 4 aromatic rings. The molecule has 0 spiro atoms. The van der Waals surface area contributed by atoms with Crippen molar-refractivity contribution in [3.8, 4) is 5.69 Å². The largest absolute Gasteiger partial charge is 0.378 e. The van der Waals surface area contributed by atoms with Crippen LogP contribution in [0.15, 0.2) is 97.3 Å². The van der Waals surface area contributed by atoms with Gasteiger partial charge in [0.1, 0.15) is 6.54 Å². The van der Waals surface area contributed by atoms with Crippen molar-refractivity contribution >= 4 is 34.6 Å². The number of rotatable bonds is 7. The molecule has 8 heteroatoms. The molecule has 1 amide bonds. The van der Waals surface area contributed by atoms with Crippen LogP contribution in [-0.4, -0.2) is 46.1 Å². The Balaban J connectivity index is 1.50. The molecule has 0 bridgehead atoms. The first-order chi connectivity index (χ1) is 17.5. The monoisotopic (exact) mass is 496 g/mol. The number of amides is 1. The van der Waals surface area contributed by atoms with Crippen LogP contribution in [0.4, 0.5) is 11.4 Å². The summed E-state index contributed by atoms with van der Waals surface area (Å²) in [6.45, 7) is 0.111. The molecule has 3 heterocycles. The molecule has 2 aromatic carbocycles. The maximum Gasteiger partial charge on any atom is 0.244 e. The van der Waals surface area contributed by atoms with Gasteiger partial charge in [-0.05, 0) is 72.9 Å². The van der Waals surface area contributed by atoms with Crippen molar-refractivity contribution in [2.45, 2.75) is 12.1 Å². The molecular weight excluding hydrogens is 468 g/mol. The van der Waals surface area contributed by atoms with Crippen molar-refractivity contribution < 1.29 is 4.79 Å². The molecular formula is C28H28N6OS. The van der Waals surface area contributed by atoms with Crippen LogP contribution in [0, 0.1) is 0 Å². The van der Waals surface area contributed by atoms with E-state index in [-0.39, 0.29) is 24.5 Å². The van der Waals surface area contributed by atoms with E-state index >= 15 is 0 Å². The van der Waals surface area contributed by atoms with Crippen LogP contribution < -0.4 is 15.5 Å². The van der Waals surface area contributed by atoms with Crippen LogP contribution in [0.1, 0.15) is 23.5 Å². The van der Waals surface area contributed by atoms with Crippen LogP contribution >= 0.6 is 12.2 Å². The maximum absolute atomic E-state index is 13.1. The summed E-state index contributed by atoms with van der Waals surface area (Å²) in [6, 6.07) is 27.3. The zero-order chi connectivity index (χ0) is 25.1. The summed E-state index contributed by atoms with van der Waals surface area (Å²) in [5.74, 6) is -0.134. The van der Waals surface area contributed by atoms with Gasteiger partial charge in [0.25, 0.3) is 0 Å². The van der Waals surface area contributed by atoms with E-state index in [0.717, 1.165) is 28.5 Å². The lowest BCUT2D eigenvalue weighted by atomic mass is 10.0. The lowest BCUT2D eigenvalue weighted by molar-refractivity contribution is -0.116. The van der Waals surface area contributed by atoms with Gasteiger partial charge in [0.2, 0.25) is 5.91 Å². The van der Waals surface area contributed by atoms with Crippen molar-refractivity contribution in [1.29, 1.82) is 0 Å². The molecule has 2 aromatic heterocycles. The van der Waals surface area contributed by atoms with E-state index in [1.54, 1.807) is 6.20 Å². The zero-order valence-corrected chi connectivity index (χ0v) is 21.0. The van der Waals surface area contributed by atoms with E-state index in [2.05, 4.69) is 55.4 Å². The van der Waals surface area contributed by atoms with E-state index in [4.69, 9.17) is 12.2 Å². The van der Waals surface area contributed by atoms with Crippen molar-refractivity contribution in [3.63, 3.8) is 0 Å². The highest BCUT2D eigenvalue weighted by Gasteiger charge is 2.42. The molecule has 0 radical (unpaired) electrons. The quantitative estimate of drug-likeness (QED) is 0.366. The number of carbonyl (C=O) groups excluding carboxylic acids is 1. The molecule has 1 aliphatic heterocycles. The van der Waals surface area contributed by atoms with Gasteiger partial charge in [0, 0.05) is 49.2 Å². The number of nitrogens with zero attached hydrogens (tertiary/aromatic N) is 4. The molecule has 36 heavy (non-hydrogen) atoms. The summed E-state index contributed by atoms with van der Waals surface area (Å²) in [7, 11) is 4.05. The molecule has 5 rings (SSSR count). The normalized spacial score (nSPS) is 17.1. The third-order valence-electron chi connectivity index (χ3n) is 6.30. The van der Waals surface area contributed by atoms with Crippen LogP contribution in [0.2, 0.25) is 0 Å². The number of pyridine rings is 1. The first-order valence-corrected chi connectivity index (χ1v) is 12.2. The Hall–Kier alpha value is -4.17. The highest BCUT2D eigenvalue weighted by atomic mass is 32.1. The van der Waals surface area contributed by atoms with E-state index in [1.165, 1.54) is 0 Å². The van der Waals surface area contributed by atoms with Gasteiger partial charge in [0.05, 0.1) is 17.8 Å². The maximum atomic E-state index is 13.1. The highest BCUT2D eigenvalue weighted by Crippen LogP contribution is 2.39. The molecule has 0 saturated carbocycles. The molecule has 182 valence electrons. The second-order valence-corrected chi connectivity index (χ2v) is 9.27. The van der Waals surface area contributed by atoms with Gasteiger partial charge in [-0.2, -0.15) is 0 Å². The Morgan fingerprint density at radius 2 is 1.75 bits per heavy atom. The first-order valence-electron chi connectivity index (χ1n) is 11.8. The number of carbonyl (C=O) groups is 1. The van der Waals surface area contributed by atoms with Gasteiger partial charge in [-0.25, -0.2) is 0 Å². The fourth-order valence-electron chi connectivity index (χ4n) is 4.56. The summed E-state index contributed by atoms with van der Waals surface area (Å²) < 4.78 is 2.15. The predicted molar refractivity (Wildman–Crippen MR) is 147 cm³/mol. The Kier molecular flexibility index (Phi) is 6.69. The average molecular weight is 497 g/mol. The van der Waals surface area contributed by atoms with E-state index < -0.39 is 0 Å². The van der Waals surface area contributed by atoms with E-state index in [9.17, 15) is 4.79 Å². The van der Waals surface area contributed by atoms with Gasteiger partial charge in [0.15, 0.2) is 5.11 Å². The topological polar surface area (TPSA) is 65.4 Å². The molecule has 1 fully saturated rings. The SMILES string of the molecule is CN(C)c1ccc(-n2cccc2[C@H]2[C@H](c3ccccn3)NC(=S)N2CC(=O)Nc2ccccc2)cc1. The summed E-state index contributed by atoms with van der Waals surface area (Å²) in [6.07, 6.45) is 3.82. The van der Waals surface area contributed by atoms with Gasteiger partial charge in [-0.3, -0.25) is 9.78 Å². The van der Waals surface area contributed by atoms with Gasteiger partial charge < -0.3 is 25.0 Å². The molecule has 7 nitrogen and oxygen atoms in total. The van der Waals surface area contributed by atoms with Crippen LogP contribution in [0.25, 0.3) is 5.69 Å². The predicted octanol–water partition coefficient (Wildman–Crippen LogP) is 4.55. The fraction of sp³-hybridized carbons (Fsp3) is 0.179. The zero-order valence-electron chi connectivity index (χ0n) is 20.2. The summed E-state index contributed by atoms with van der Waals surface area (Å²) in [5.41, 5.74) is 4.80. The number of thiocarbonyl (C=S) groups is 1. The van der Waals surface area contributed by atoms with E-state index in [0.29, 0.717) is 5.11 Å². The molecule has 0 unspecified atom stereocenters. The lowest BCUT2D eigenvalue weighted by Gasteiger charge is -2.28. The third kappa shape index (κ3) is 4.81. The first kappa shape index (κ1) is 23.6. The lowest BCUT2D eigenvalue weighted by Crippen LogP contribution is -2.37. The Bertz CT molecular complexity index is 1340. The minimum Gasteiger partial charge on any atom is -0.378 e. The number of hydrogen-bond donors (Lipinski definition) is 2. The smallest absolute Gasteiger partial charge is 0.244 e. The number of aromatic nitrogens is 2. The van der Waals surface area contributed by atoms with Crippen molar-refractivity contribution in [3.05, 3.63) is 109 Å². The summed E-state index contributed by atoms with van der Waals surface area (Å²) in [4.78, 5) is 21.7. The number of anilines is 2. The van der Waals surface area contributed by atoms with Gasteiger partial charge >= 0.3 is 0 Å². The van der Waals surface area contributed by atoms with Crippen LogP contribution in [0.3, 0.4) is 0 Å². The van der Waals surface area contributed by atoms with Crippen molar-refractivity contribution in [2.75, 3.05) is 30.9 Å².